The molecule has 0 aliphatic heterocycles. The minimum atomic E-state index is 0.0742. The molecule has 1 amide bonds. The van der Waals surface area contributed by atoms with Gasteiger partial charge in [0.15, 0.2) is 0 Å². The second kappa shape index (κ2) is 5.88. The fourth-order valence-electron chi connectivity index (χ4n) is 2.08. The van der Waals surface area contributed by atoms with E-state index < -0.39 is 0 Å². The van der Waals surface area contributed by atoms with Gasteiger partial charge in [-0.05, 0) is 43.7 Å². The topological polar surface area (TPSA) is 29.1 Å². The van der Waals surface area contributed by atoms with Gasteiger partial charge in [-0.3, -0.25) is 4.79 Å². The highest BCUT2D eigenvalue weighted by Gasteiger charge is 2.17. The molecule has 0 bridgehead atoms. The highest BCUT2D eigenvalue weighted by Crippen LogP contribution is 2.30. The van der Waals surface area contributed by atoms with Gasteiger partial charge in [0.1, 0.15) is 0 Å². The van der Waals surface area contributed by atoms with E-state index in [1.165, 1.54) is 16.9 Å². The first-order valence-corrected chi connectivity index (χ1v) is 6.96. The first-order chi connectivity index (χ1) is 8.31. The molecule has 90 valence electrons. The van der Waals surface area contributed by atoms with Crippen LogP contribution in [-0.2, 0) is 12.8 Å². The molecule has 0 atom stereocenters. The molecule has 0 unspecified atom stereocenters. The molecule has 1 heterocycles. The van der Waals surface area contributed by atoms with Crippen molar-refractivity contribution in [2.24, 2.45) is 0 Å². The number of hydrogen-bond donors (Lipinski definition) is 1. The van der Waals surface area contributed by atoms with Crippen LogP contribution in [0.15, 0.2) is 6.07 Å². The van der Waals surface area contributed by atoms with Crippen LogP contribution in [0.4, 0.5) is 0 Å². The third-order valence-corrected chi connectivity index (χ3v) is 4.24. The van der Waals surface area contributed by atoms with Crippen LogP contribution in [-0.4, -0.2) is 12.5 Å². The molecular weight excluding hydrogens is 230 g/mol. The van der Waals surface area contributed by atoms with E-state index in [-0.39, 0.29) is 5.91 Å². The van der Waals surface area contributed by atoms with Crippen molar-refractivity contribution in [3.63, 3.8) is 0 Å². The Morgan fingerprint density at radius 3 is 3.12 bits per heavy atom. The van der Waals surface area contributed by atoms with Crippen molar-refractivity contribution in [2.75, 3.05) is 6.54 Å². The minimum absolute atomic E-state index is 0.0742. The van der Waals surface area contributed by atoms with Crippen LogP contribution in [0.1, 0.15) is 45.8 Å². The first-order valence-electron chi connectivity index (χ1n) is 6.14. The molecule has 1 N–H and O–H groups in total. The van der Waals surface area contributed by atoms with Gasteiger partial charge in [0.05, 0.1) is 4.88 Å². The van der Waals surface area contributed by atoms with Gasteiger partial charge in [-0.2, -0.15) is 0 Å². The molecular formula is C14H17NOS. The Bertz CT molecular complexity index is 420. The van der Waals surface area contributed by atoms with Crippen LogP contribution in [0.25, 0.3) is 0 Å². The summed E-state index contributed by atoms with van der Waals surface area (Å²) in [5.74, 6) is 2.68. The van der Waals surface area contributed by atoms with Crippen molar-refractivity contribution in [1.29, 1.82) is 0 Å². The van der Waals surface area contributed by atoms with Gasteiger partial charge in [0, 0.05) is 17.8 Å². The van der Waals surface area contributed by atoms with Crippen LogP contribution >= 0.6 is 11.3 Å². The Balaban J connectivity index is 1.78. The summed E-state index contributed by atoms with van der Waals surface area (Å²) >= 11 is 1.65. The maximum atomic E-state index is 11.8. The zero-order valence-corrected chi connectivity index (χ0v) is 10.7. The molecule has 2 nitrogen and oxygen atoms in total. The van der Waals surface area contributed by atoms with E-state index >= 15 is 0 Å². The summed E-state index contributed by atoms with van der Waals surface area (Å²) in [4.78, 5) is 14.1. The quantitative estimate of drug-likeness (QED) is 0.629. The molecule has 0 fully saturated rings. The summed E-state index contributed by atoms with van der Waals surface area (Å²) < 4.78 is 0. The summed E-state index contributed by atoms with van der Waals surface area (Å²) in [5, 5.41) is 2.95. The molecule has 3 heteroatoms. The number of thiophene rings is 1. The van der Waals surface area contributed by atoms with Crippen molar-refractivity contribution in [2.45, 2.75) is 38.5 Å². The van der Waals surface area contributed by atoms with Crippen molar-refractivity contribution in [3.05, 3.63) is 21.4 Å². The summed E-state index contributed by atoms with van der Waals surface area (Å²) in [5.41, 5.74) is 1.38. The summed E-state index contributed by atoms with van der Waals surface area (Å²) in [6.45, 7) is 0.725. The Kier molecular flexibility index (Phi) is 4.22. The molecule has 1 aliphatic rings. The predicted octanol–water partition coefficient (Wildman–Crippen LogP) is 2.77. The van der Waals surface area contributed by atoms with E-state index in [0.717, 1.165) is 43.5 Å². The SMILES string of the molecule is C#CCCCCNC(=O)c1cc2c(s1)CCC2. The molecule has 0 saturated carbocycles. The van der Waals surface area contributed by atoms with Gasteiger partial charge < -0.3 is 5.32 Å². The second-order valence-electron chi connectivity index (χ2n) is 4.33. The molecule has 0 spiro atoms. The fourth-order valence-corrected chi connectivity index (χ4v) is 3.25. The Hall–Kier alpha value is -1.27. The van der Waals surface area contributed by atoms with E-state index in [2.05, 4.69) is 17.3 Å². The largest absolute Gasteiger partial charge is 0.351 e. The normalized spacial score (nSPS) is 13.1. The number of nitrogens with one attached hydrogen (secondary N) is 1. The maximum Gasteiger partial charge on any atom is 0.261 e. The molecule has 17 heavy (non-hydrogen) atoms. The van der Waals surface area contributed by atoms with Gasteiger partial charge in [-0.15, -0.1) is 23.7 Å². The Labute approximate surface area is 106 Å². The number of terminal acetylenes is 1. The zero-order valence-electron chi connectivity index (χ0n) is 9.92. The molecule has 2 rings (SSSR count). The van der Waals surface area contributed by atoms with Gasteiger partial charge in [0.2, 0.25) is 0 Å². The van der Waals surface area contributed by atoms with E-state index in [0.29, 0.717) is 0 Å². The van der Waals surface area contributed by atoms with E-state index in [9.17, 15) is 4.79 Å². The van der Waals surface area contributed by atoms with Crippen molar-refractivity contribution in [3.8, 4) is 12.3 Å². The third kappa shape index (κ3) is 3.10. The average Bonchev–Trinajstić information content (AvgIpc) is 2.88. The standard InChI is InChI=1S/C14H17NOS/c1-2-3-4-5-9-15-14(16)13-10-11-7-6-8-12(11)17-13/h1,10H,3-9H2,(H,15,16). The lowest BCUT2D eigenvalue weighted by atomic mass is 10.2. The molecule has 0 saturated heterocycles. The molecule has 1 aromatic rings. The van der Waals surface area contributed by atoms with Crippen molar-refractivity contribution < 1.29 is 4.79 Å². The van der Waals surface area contributed by atoms with Gasteiger partial charge in [-0.1, -0.05) is 0 Å². The number of carbonyl (C=O) groups excluding carboxylic acids is 1. The smallest absolute Gasteiger partial charge is 0.261 e. The maximum absolute atomic E-state index is 11.8. The summed E-state index contributed by atoms with van der Waals surface area (Å²) in [6.07, 6.45) is 11.4. The number of rotatable bonds is 5. The van der Waals surface area contributed by atoms with Gasteiger partial charge >= 0.3 is 0 Å². The minimum Gasteiger partial charge on any atom is -0.351 e. The van der Waals surface area contributed by atoms with Crippen LogP contribution in [0.2, 0.25) is 0 Å². The number of fused-ring (bicyclic) bond motifs is 1. The monoisotopic (exact) mass is 247 g/mol. The highest BCUT2D eigenvalue weighted by atomic mass is 32.1. The third-order valence-electron chi connectivity index (χ3n) is 3.00. The van der Waals surface area contributed by atoms with Crippen LogP contribution < -0.4 is 5.32 Å². The van der Waals surface area contributed by atoms with Crippen LogP contribution in [0, 0.1) is 12.3 Å². The highest BCUT2D eigenvalue weighted by molar-refractivity contribution is 7.14. The van der Waals surface area contributed by atoms with Gasteiger partial charge in [0.25, 0.3) is 5.91 Å². The number of unbranched alkanes of at least 4 members (excludes halogenated alkanes) is 2. The predicted molar refractivity (Wildman–Crippen MR) is 71.4 cm³/mol. The Morgan fingerprint density at radius 2 is 2.35 bits per heavy atom. The average molecular weight is 247 g/mol. The molecule has 1 aromatic heterocycles. The first kappa shape index (κ1) is 12.2. The second-order valence-corrected chi connectivity index (χ2v) is 5.47. The van der Waals surface area contributed by atoms with Gasteiger partial charge in [-0.25, -0.2) is 0 Å². The lowest BCUT2D eigenvalue weighted by Gasteiger charge is -2.02. The zero-order chi connectivity index (χ0) is 12.1. The van der Waals surface area contributed by atoms with E-state index in [1.54, 1.807) is 11.3 Å². The van der Waals surface area contributed by atoms with E-state index in [1.807, 2.05) is 0 Å². The summed E-state index contributed by atoms with van der Waals surface area (Å²) in [6, 6.07) is 2.06. The molecule has 1 aliphatic carbocycles. The number of amides is 1. The number of carbonyl (C=O) groups is 1. The van der Waals surface area contributed by atoms with E-state index in [4.69, 9.17) is 6.42 Å². The lowest BCUT2D eigenvalue weighted by molar-refractivity contribution is 0.0957. The van der Waals surface area contributed by atoms with Crippen molar-refractivity contribution in [1.82, 2.24) is 5.32 Å². The van der Waals surface area contributed by atoms with Crippen LogP contribution in [0.5, 0.6) is 0 Å². The Morgan fingerprint density at radius 1 is 1.47 bits per heavy atom. The number of hydrogen-bond acceptors (Lipinski definition) is 2. The fraction of sp³-hybridized carbons (Fsp3) is 0.500. The molecule has 0 aromatic carbocycles. The van der Waals surface area contributed by atoms with Crippen molar-refractivity contribution >= 4 is 17.2 Å². The molecule has 0 radical (unpaired) electrons. The summed E-state index contributed by atoms with van der Waals surface area (Å²) in [7, 11) is 0. The number of aryl methyl sites for hydroxylation is 2. The van der Waals surface area contributed by atoms with Crippen LogP contribution in [0.3, 0.4) is 0 Å². The lowest BCUT2D eigenvalue weighted by Crippen LogP contribution is -2.23.